The van der Waals surface area contributed by atoms with E-state index in [2.05, 4.69) is 46.4 Å². The van der Waals surface area contributed by atoms with Crippen LogP contribution in [0.1, 0.15) is 42.8 Å². The maximum Gasteiger partial charge on any atom is 0.0890 e. The number of nitrogens with zero attached hydrogens (tertiary/aromatic N) is 2. The molecule has 0 spiro atoms. The van der Waals surface area contributed by atoms with Gasteiger partial charge in [-0.25, -0.2) is 5.43 Å². The summed E-state index contributed by atoms with van der Waals surface area (Å²) in [7, 11) is 0. The molecule has 108 valence electrons. The minimum Gasteiger partial charge on any atom is -0.271 e. The molecule has 1 aromatic carbocycles. The third-order valence-electron chi connectivity index (χ3n) is 3.11. The molecule has 20 heavy (non-hydrogen) atoms. The van der Waals surface area contributed by atoms with Crippen LogP contribution in [0.25, 0.3) is 0 Å². The van der Waals surface area contributed by atoms with Gasteiger partial charge in [-0.1, -0.05) is 17.7 Å². The van der Waals surface area contributed by atoms with Crippen LogP contribution in [0.5, 0.6) is 0 Å². The second kappa shape index (κ2) is 6.26. The highest BCUT2D eigenvalue weighted by atomic mass is 79.9. The van der Waals surface area contributed by atoms with Gasteiger partial charge in [-0.2, -0.15) is 5.10 Å². The van der Waals surface area contributed by atoms with Crippen molar-refractivity contribution in [3.05, 3.63) is 50.7 Å². The quantitative estimate of drug-likeness (QED) is 0.647. The Morgan fingerprint density at radius 2 is 2.05 bits per heavy atom. The predicted octanol–water partition coefficient (Wildman–Crippen LogP) is 3.74. The van der Waals surface area contributed by atoms with Crippen LogP contribution in [0.15, 0.2) is 28.9 Å². The van der Waals surface area contributed by atoms with E-state index in [1.807, 2.05) is 23.7 Å². The molecule has 0 aliphatic heterocycles. The van der Waals surface area contributed by atoms with E-state index in [4.69, 9.17) is 17.4 Å². The molecule has 3 N–H and O–H groups in total. The Labute approximate surface area is 132 Å². The van der Waals surface area contributed by atoms with Crippen LogP contribution in [-0.2, 0) is 0 Å². The molecule has 0 radical (unpaired) electrons. The highest BCUT2D eigenvalue weighted by molar-refractivity contribution is 9.10. The maximum atomic E-state index is 6.15. The highest BCUT2D eigenvalue weighted by Crippen LogP contribution is 2.31. The van der Waals surface area contributed by atoms with Crippen LogP contribution in [0.2, 0.25) is 5.02 Å². The van der Waals surface area contributed by atoms with Crippen LogP contribution in [0.3, 0.4) is 0 Å². The van der Waals surface area contributed by atoms with Gasteiger partial charge in [0.15, 0.2) is 0 Å². The lowest BCUT2D eigenvalue weighted by molar-refractivity contribution is 0.475. The van der Waals surface area contributed by atoms with E-state index in [0.29, 0.717) is 5.02 Å². The van der Waals surface area contributed by atoms with Crippen molar-refractivity contribution in [2.24, 2.45) is 5.84 Å². The number of aromatic nitrogens is 2. The van der Waals surface area contributed by atoms with Gasteiger partial charge in [0, 0.05) is 11.1 Å². The van der Waals surface area contributed by atoms with E-state index in [9.17, 15) is 0 Å². The monoisotopic (exact) mass is 356 g/mol. The van der Waals surface area contributed by atoms with E-state index in [1.54, 1.807) is 6.20 Å². The summed E-state index contributed by atoms with van der Waals surface area (Å²) in [6, 6.07) is 5.98. The molecule has 1 unspecified atom stereocenters. The first-order chi connectivity index (χ1) is 9.43. The summed E-state index contributed by atoms with van der Waals surface area (Å²) in [4.78, 5) is 0. The lowest BCUT2D eigenvalue weighted by Gasteiger charge is -2.21. The summed E-state index contributed by atoms with van der Waals surface area (Å²) >= 11 is 9.70. The van der Waals surface area contributed by atoms with Crippen molar-refractivity contribution in [1.29, 1.82) is 0 Å². The van der Waals surface area contributed by atoms with Crippen LogP contribution in [-0.4, -0.2) is 9.78 Å². The average molecular weight is 358 g/mol. The molecule has 2 aromatic rings. The number of rotatable bonds is 4. The van der Waals surface area contributed by atoms with Crippen LogP contribution >= 0.6 is 27.5 Å². The van der Waals surface area contributed by atoms with Gasteiger partial charge in [-0.15, -0.1) is 0 Å². The zero-order chi connectivity index (χ0) is 14.9. The Morgan fingerprint density at radius 1 is 1.35 bits per heavy atom. The van der Waals surface area contributed by atoms with Crippen molar-refractivity contribution in [2.45, 2.75) is 32.9 Å². The Morgan fingerprint density at radius 3 is 2.60 bits per heavy atom. The smallest absolute Gasteiger partial charge is 0.0890 e. The molecular formula is C14H18BrClN4. The lowest BCUT2D eigenvalue weighted by Crippen LogP contribution is -2.31. The number of hydrazine groups is 1. The fraction of sp³-hybridized carbons (Fsp3) is 0.357. The molecule has 0 fully saturated rings. The molecule has 2 rings (SSSR count). The van der Waals surface area contributed by atoms with Gasteiger partial charge >= 0.3 is 0 Å². The van der Waals surface area contributed by atoms with Gasteiger partial charge in [-0.3, -0.25) is 10.5 Å². The minimum absolute atomic E-state index is 0.174. The van der Waals surface area contributed by atoms with Crippen molar-refractivity contribution in [1.82, 2.24) is 15.2 Å². The van der Waals surface area contributed by atoms with Crippen molar-refractivity contribution >= 4 is 27.5 Å². The Hall–Kier alpha value is -0.880. The van der Waals surface area contributed by atoms with Gasteiger partial charge in [-0.05, 0) is 60.0 Å². The molecule has 0 aliphatic rings. The van der Waals surface area contributed by atoms with E-state index in [-0.39, 0.29) is 12.1 Å². The largest absolute Gasteiger partial charge is 0.271 e. The minimum atomic E-state index is -0.174. The first-order valence-electron chi connectivity index (χ1n) is 6.40. The molecule has 6 heteroatoms. The summed E-state index contributed by atoms with van der Waals surface area (Å²) in [6.07, 6.45) is 1.79. The van der Waals surface area contributed by atoms with Gasteiger partial charge < -0.3 is 0 Å². The summed E-state index contributed by atoms with van der Waals surface area (Å²) in [5.74, 6) is 5.78. The highest BCUT2D eigenvalue weighted by Gasteiger charge is 2.22. The SMILES string of the molecule is Cc1cc(Cl)cc(C(NN)c2c(Br)cnn2C(C)C)c1. The summed E-state index contributed by atoms with van der Waals surface area (Å²) in [5.41, 5.74) is 5.96. The molecule has 1 aromatic heterocycles. The van der Waals surface area contributed by atoms with Gasteiger partial charge in [0.25, 0.3) is 0 Å². The van der Waals surface area contributed by atoms with E-state index >= 15 is 0 Å². The third kappa shape index (κ3) is 3.06. The maximum absolute atomic E-state index is 6.15. The number of benzene rings is 1. The van der Waals surface area contributed by atoms with Crippen molar-refractivity contribution in [3.8, 4) is 0 Å². The van der Waals surface area contributed by atoms with Crippen molar-refractivity contribution < 1.29 is 0 Å². The Bertz CT molecular complexity index is 589. The van der Waals surface area contributed by atoms with Gasteiger partial charge in [0.2, 0.25) is 0 Å². The number of halogens is 2. The fourth-order valence-corrected chi connectivity index (χ4v) is 3.10. The lowest BCUT2D eigenvalue weighted by atomic mass is 10.0. The Balaban J connectivity index is 2.55. The molecule has 1 atom stereocenters. The molecule has 0 bridgehead atoms. The first kappa shape index (κ1) is 15.5. The van der Waals surface area contributed by atoms with E-state index < -0.39 is 0 Å². The molecule has 1 heterocycles. The van der Waals surface area contributed by atoms with Crippen molar-refractivity contribution in [3.63, 3.8) is 0 Å². The van der Waals surface area contributed by atoms with E-state index in [1.165, 1.54) is 0 Å². The van der Waals surface area contributed by atoms with Crippen LogP contribution in [0.4, 0.5) is 0 Å². The topological polar surface area (TPSA) is 55.9 Å². The normalized spacial score (nSPS) is 12.9. The average Bonchev–Trinajstić information content (AvgIpc) is 2.72. The summed E-state index contributed by atoms with van der Waals surface area (Å²) in [5, 5.41) is 5.10. The van der Waals surface area contributed by atoms with Gasteiger partial charge in [0.1, 0.15) is 0 Å². The zero-order valence-electron chi connectivity index (χ0n) is 11.7. The second-order valence-corrected chi connectivity index (χ2v) is 6.37. The number of aryl methyl sites for hydroxylation is 1. The van der Waals surface area contributed by atoms with Crippen LogP contribution < -0.4 is 11.3 Å². The fourth-order valence-electron chi connectivity index (χ4n) is 2.30. The second-order valence-electron chi connectivity index (χ2n) is 5.08. The standard InChI is InChI=1S/C14H18BrClN4/c1-8(2)20-14(12(15)7-18-20)13(19-17)10-4-9(3)5-11(16)6-10/h4-8,13,19H,17H2,1-3H3. The summed E-state index contributed by atoms with van der Waals surface area (Å²) in [6.45, 7) is 6.18. The van der Waals surface area contributed by atoms with E-state index in [0.717, 1.165) is 21.3 Å². The molecular weight excluding hydrogens is 340 g/mol. The zero-order valence-corrected chi connectivity index (χ0v) is 14.0. The molecule has 0 saturated heterocycles. The molecule has 0 amide bonds. The molecule has 0 aliphatic carbocycles. The number of nitrogens with two attached hydrogens (primary N) is 1. The van der Waals surface area contributed by atoms with Crippen molar-refractivity contribution in [2.75, 3.05) is 0 Å². The Kier molecular flexibility index (Phi) is 4.86. The first-order valence-corrected chi connectivity index (χ1v) is 7.57. The summed E-state index contributed by atoms with van der Waals surface area (Å²) < 4.78 is 2.87. The molecule has 4 nitrogen and oxygen atoms in total. The number of hydrogen-bond donors (Lipinski definition) is 2. The predicted molar refractivity (Wildman–Crippen MR) is 85.7 cm³/mol. The van der Waals surface area contributed by atoms with Crippen LogP contribution in [0, 0.1) is 6.92 Å². The number of hydrogen-bond acceptors (Lipinski definition) is 3. The van der Waals surface area contributed by atoms with Gasteiger partial charge in [0.05, 0.1) is 22.4 Å². The number of nitrogens with one attached hydrogen (secondary N) is 1. The third-order valence-corrected chi connectivity index (χ3v) is 3.94. The molecule has 0 saturated carbocycles.